The first-order valence-electron chi connectivity index (χ1n) is 7.46. The van der Waals surface area contributed by atoms with E-state index in [1.54, 1.807) is 10.6 Å². The van der Waals surface area contributed by atoms with E-state index >= 15 is 0 Å². The number of nitrogen functional groups attached to an aromatic ring is 1. The fourth-order valence-corrected chi connectivity index (χ4v) is 3.01. The van der Waals surface area contributed by atoms with Gasteiger partial charge in [-0.1, -0.05) is 18.2 Å². The monoisotopic (exact) mass is 304 g/mol. The van der Waals surface area contributed by atoms with Crippen LogP contribution in [0.3, 0.4) is 0 Å². The molecule has 2 aromatic heterocycles. The largest absolute Gasteiger partial charge is 0.451 e. The number of hydrogen-bond acceptors (Lipinski definition) is 3. The number of aryl methyl sites for hydroxylation is 2. The number of carbonyl (C=O) groups excluding carboxylic acids is 1. The Morgan fingerprint density at radius 1 is 1.09 bits per heavy atom. The average Bonchev–Trinajstić information content (AvgIpc) is 3.07. The summed E-state index contributed by atoms with van der Waals surface area (Å²) in [6.45, 7) is 3.89. The highest BCUT2D eigenvalue weighted by Gasteiger charge is 2.19. The fourth-order valence-electron chi connectivity index (χ4n) is 3.01. The number of nitrogens with zero attached hydrogens (tertiary/aromatic N) is 1. The van der Waals surface area contributed by atoms with E-state index in [-0.39, 0.29) is 5.91 Å². The zero-order valence-corrected chi connectivity index (χ0v) is 13.0. The molecule has 2 heterocycles. The van der Waals surface area contributed by atoms with Crippen LogP contribution in [0.25, 0.3) is 21.9 Å². The summed E-state index contributed by atoms with van der Waals surface area (Å²) in [5, 5.41) is 1.80. The predicted octanol–water partition coefficient (Wildman–Crippen LogP) is 4.28. The number of benzene rings is 2. The van der Waals surface area contributed by atoms with E-state index in [0.717, 1.165) is 33.1 Å². The van der Waals surface area contributed by atoms with Crippen molar-refractivity contribution in [3.8, 4) is 0 Å². The molecule has 4 aromatic rings. The molecule has 0 amide bonds. The number of fused-ring (bicyclic) bond motifs is 2. The molecule has 0 saturated heterocycles. The molecule has 0 bridgehead atoms. The van der Waals surface area contributed by atoms with Gasteiger partial charge in [0.2, 0.25) is 0 Å². The topological polar surface area (TPSA) is 61.2 Å². The maximum absolute atomic E-state index is 12.9. The quantitative estimate of drug-likeness (QED) is 0.534. The molecule has 0 radical (unpaired) electrons. The van der Waals surface area contributed by atoms with Crippen molar-refractivity contribution in [2.45, 2.75) is 13.8 Å². The number of nitrogens with two attached hydrogens (primary N) is 1. The SMILES string of the molecule is Cc1ccc2cc(C(=O)n3c(C)cc4c(N)cccc43)oc2c1. The highest BCUT2D eigenvalue weighted by molar-refractivity contribution is 6.05. The third kappa shape index (κ3) is 2.03. The van der Waals surface area contributed by atoms with Crippen molar-refractivity contribution in [2.75, 3.05) is 5.73 Å². The molecule has 0 aliphatic carbocycles. The highest BCUT2D eigenvalue weighted by atomic mass is 16.3. The first-order chi connectivity index (χ1) is 11.0. The second-order valence-electron chi connectivity index (χ2n) is 5.86. The van der Waals surface area contributed by atoms with Gasteiger partial charge in [-0.25, -0.2) is 0 Å². The van der Waals surface area contributed by atoms with Crippen molar-refractivity contribution in [2.24, 2.45) is 0 Å². The molecule has 4 nitrogen and oxygen atoms in total. The van der Waals surface area contributed by atoms with E-state index in [2.05, 4.69) is 0 Å². The number of aromatic nitrogens is 1. The van der Waals surface area contributed by atoms with Gasteiger partial charge in [0.25, 0.3) is 5.91 Å². The van der Waals surface area contributed by atoms with Crippen LogP contribution in [-0.4, -0.2) is 10.5 Å². The van der Waals surface area contributed by atoms with Gasteiger partial charge in [-0.05, 0) is 49.7 Å². The Bertz CT molecular complexity index is 1070. The molecule has 0 unspecified atom stereocenters. The molecule has 114 valence electrons. The summed E-state index contributed by atoms with van der Waals surface area (Å²) in [7, 11) is 0. The van der Waals surface area contributed by atoms with Crippen molar-refractivity contribution in [1.29, 1.82) is 0 Å². The van der Waals surface area contributed by atoms with Crippen molar-refractivity contribution in [3.05, 3.63) is 65.5 Å². The first kappa shape index (κ1) is 13.6. The third-order valence-electron chi connectivity index (χ3n) is 4.15. The lowest BCUT2D eigenvalue weighted by molar-refractivity contribution is 0.0938. The zero-order valence-electron chi connectivity index (χ0n) is 13.0. The number of anilines is 1. The number of carbonyl (C=O) groups is 1. The van der Waals surface area contributed by atoms with E-state index in [1.165, 1.54) is 0 Å². The summed E-state index contributed by atoms with van der Waals surface area (Å²) in [5.74, 6) is 0.144. The van der Waals surface area contributed by atoms with Crippen LogP contribution in [0.2, 0.25) is 0 Å². The van der Waals surface area contributed by atoms with Gasteiger partial charge < -0.3 is 10.2 Å². The van der Waals surface area contributed by atoms with Gasteiger partial charge in [-0.3, -0.25) is 9.36 Å². The van der Waals surface area contributed by atoms with Gasteiger partial charge in [0, 0.05) is 22.2 Å². The van der Waals surface area contributed by atoms with Gasteiger partial charge in [0.1, 0.15) is 5.58 Å². The fraction of sp³-hybridized carbons (Fsp3) is 0.105. The standard InChI is InChI=1S/C19H16N2O2/c1-11-6-7-13-10-18(23-17(13)8-11)19(22)21-12(2)9-14-15(20)4-3-5-16(14)21/h3-10H,20H2,1-2H3. The van der Waals surface area contributed by atoms with Gasteiger partial charge in [-0.2, -0.15) is 0 Å². The predicted molar refractivity (Wildman–Crippen MR) is 91.8 cm³/mol. The Kier molecular flexibility index (Phi) is 2.81. The maximum atomic E-state index is 12.9. The molecule has 0 aliphatic heterocycles. The summed E-state index contributed by atoms with van der Waals surface area (Å²) in [6.07, 6.45) is 0. The lowest BCUT2D eigenvalue weighted by Gasteiger charge is -2.04. The summed E-state index contributed by atoms with van der Waals surface area (Å²) in [6, 6.07) is 15.2. The lowest BCUT2D eigenvalue weighted by Crippen LogP contribution is -2.12. The van der Waals surface area contributed by atoms with Gasteiger partial charge in [0.05, 0.1) is 5.52 Å². The molecule has 0 atom stereocenters. The average molecular weight is 304 g/mol. The van der Waals surface area contributed by atoms with Crippen molar-refractivity contribution >= 4 is 33.5 Å². The Hall–Kier alpha value is -3.01. The van der Waals surface area contributed by atoms with Crippen LogP contribution >= 0.6 is 0 Å². The van der Waals surface area contributed by atoms with Crippen molar-refractivity contribution < 1.29 is 9.21 Å². The van der Waals surface area contributed by atoms with E-state index in [4.69, 9.17) is 10.2 Å². The minimum Gasteiger partial charge on any atom is -0.451 e. The van der Waals surface area contributed by atoms with Crippen LogP contribution in [-0.2, 0) is 0 Å². The number of rotatable bonds is 1. The van der Waals surface area contributed by atoms with Gasteiger partial charge in [0.15, 0.2) is 5.76 Å². The van der Waals surface area contributed by atoms with Crippen LogP contribution in [0.4, 0.5) is 5.69 Å². The molecule has 0 fully saturated rings. The van der Waals surface area contributed by atoms with E-state index in [0.29, 0.717) is 11.4 Å². The van der Waals surface area contributed by atoms with Crippen LogP contribution in [0.1, 0.15) is 21.8 Å². The molecule has 23 heavy (non-hydrogen) atoms. The second kappa shape index (κ2) is 4.74. The Balaban J connectivity index is 1.91. The molecule has 0 spiro atoms. The van der Waals surface area contributed by atoms with Crippen molar-refractivity contribution in [3.63, 3.8) is 0 Å². The highest BCUT2D eigenvalue weighted by Crippen LogP contribution is 2.27. The van der Waals surface area contributed by atoms with E-state index in [1.807, 2.05) is 56.3 Å². The molecule has 2 aromatic carbocycles. The lowest BCUT2D eigenvalue weighted by atomic mass is 10.2. The Morgan fingerprint density at radius 3 is 2.74 bits per heavy atom. The van der Waals surface area contributed by atoms with Crippen LogP contribution in [0, 0.1) is 13.8 Å². The minimum atomic E-state index is -0.183. The summed E-state index contributed by atoms with van der Waals surface area (Å²) >= 11 is 0. The molecule has 4 rings (SSSR count). The molecular formula is C19H16N2O2. The van der Waals surface area contributed by atoms with E-state index < -0.39 is 0 Å². The smallest absolute Gasteiger partial charge is 0.298 e. The molecule has 2 N–H and O–H groups in total. The number of hydrogen-bond donors (Lipinski definition) is 1. The summed E-state index contributed by atoms with van der Waals surface area (Å²) in [4.78, 5) is 12.9. The minimum absolute atomic E-state index is 0.183. The second-order valence-corrected chi connectivity index (χ2v) is 5.86. The maximum Gasteiger partial charge on any atom is 0.298 e. The normalized spacial score (nSPS) is 11.4. The van der Waals surface area contributed by atoms with Gasteiger partial charge >= 0.3 is 0 Å². The Labute approximate surface area is 133 Å². The van der Waals surface area contributed by atoms with Crippen molar-refractivity contribution in [1.82, 2.24) is 4.57 Å². The summed E-state index contributed by atoms with van der Waals surface area (Å²) in [5.41, 5.74) is 10.1. The molecular weight excluding hydrogens is 288 g/mol. The van der Waals surface area contributed by atoms with Crippen LogP contribution < -0.4 is 5.73 Å². The Morgan fingerprint density at radius 2 is 1.91 bits per heavy atom. The van der Waals surface area contributed by atoms with Crippen LogP contribution in [0.5, 0.6) is 0 Å². The van der Waals surface area contributed by atoms with Gasteiger partial charge in [-0.15, -0.1) is 0 Å². The molecule has 0 aliphatic rings. The van der Waals surface area contributed by atoms with Crippen LogP contribution in [0.15, 0.2) is 52.9 Å². The van der Waals surface area contributed by atoms with E-state index in [9.17, 15) is 4.79 Å². The molecule has 0 saturated carbocycles. The molecule has 4 heteroatoms. The third-order valence-corrected chi connectivity index (χ3v) is 4.15. The number of furan rings is 1. The first-order valence-corrected chi connectivity index (χ1v) is 7.46. The zero-order chi connectivity index (χ0) is 16.1. The summed E-state index contributed by atoms with van der Waals surface area (Å²) < 4.78 is 7.42.